The molecule has 2 N–H and O–H groups in total. The van der Waals surface area contributed by atoms with E-state index in [9.17, 15) is 14.4 Å². The third kappa shape index (κ3) is 6.67. The van der Waals surface area contributed by atoms with Crippen LogP contribution in [0.4, 0.5) is 10.6 Å². The minimum atomic E-state index is -0.778. The van der Waals surface area contributed by atoms with Gasteiger partial charge in [-0.05, 0) is 61.0 Å². The SMILES string of the molecule is COC(=O)CCN(C(=O)c1ccc2c(c1)nc(COc1ccc(/C(N)=N\C(=O)OC)c(C)c1)n2C)c1ccccn1. The van der Waals surface area contributed by atoms with Gasteiger partial charge < -0.3 is 24.5 Å². The molecule has 0 aliphatic heterocycles. The lowest BCUT2D eigenvalue weighted by Gasteiger charge is -2.21. The largest absolute Gasteiger partial charge is 0.486 e. The molecule has 212 valence electrons. The van der Waals surface area contributed by atoms with Crippen molar-refractivity contribution in [1.29, 1.82) is 0 Å². The Hall–Kier alpha value is -5.26. The summed E-state index contributed by atoms with van der Waals surface area (Å²) in [6.07, 6.45) is 0.832. The molecule has 0 atom stereocenters. The molecule has 0 aliphatic carbocycles. The summed E-state index contributed by atoms with van der Waals surface area (Å²) in [5.41, 5.74) is 9.11. The van der Waals surface area contributed by atoms with Crippen LogP contribution in [-0.2, 0) is 27.9 Å². The van der Waals surface area contributed by atoms with Gasteiger partial charge in [-0.2, -0.15) is 4.99 Å². The van der Waals surface area contributed by atoms with Crippen LogP contribution >= 0.6 is 0 Å². The predicted molar refractivity (Wildman–Crippen MR) is 152 cm³/mol. The van der Waals surface area contributed by atoms with Crippen molar-refractivity contribution in [2.75, 3.05) is 25.7 Å². The Morgan fingerprint density at radius 3 is 2.54 bits per heavy atom. The molecule has 0 fully saturated rings. The molecule has 41 heavy (non-hydrogen) atoms. The van der Waals surface area contributed by atoms with Gasteiger partial charge in [0, 0.05) is 30.9 Å². The number of methoxy groups -OCH3 is 2. The number of ether oxygens (including phenoxy) is 3. The average Bonchev–Trinajstić information content (AvgIpc) is 3.30. The number of aryl methyl sites for hydroxylation is 2. The maximum Gasteiger partial charge on any atom is 0.435 e. The molecular formula is C29H30N6O6. The number of pyridine rings is 1. The Morgan fingerprint density at radius 1 is 1.05 bits per heavy atom. The summed E-state index contributed by atoms with van der Waals surface area (Å²) in [6, 6.07) is 15.7. The Kier molecular flexibility index (Phi) is 8.92. The second-order valence-electron chi connectivity index (χ2n) is 8.99. The lowest BCUT2D eigenvalue weighted by molar-refractivity contribution is -0.140. The Morgan fingerprint density at radius 2 is 1.85 bits per heavy atom. The first-order valence-corrected chi connectivity index (χ1v) is 12.6. The van der Waals surface area contributed by atoms with Crippen LogP contribution < -0.4 is 15.4 Å². The highest BCUT2D eigenvalue weighted by Gasteiger charge is 2.21. The van der Waals surface area contributed by atoms with Gasteiger partial charge in [0.1, 0.15) is 29.8 Å². The number of amides is 2. The number of hydrogen-bond donors (Lipinski definition) is 1. The van der Waals surface area contributed by atoms with E-state index in [1.165, 1.54) is 19.1 Å². The summed E-state index contributed by atoms with van der Waals surface area (Å²) in [7, 11) is 4.40. The minimum absolute atomic E-state index is 0.0251. The average molecular weight is 559 g/mol. The number of benzene rings is 2. The Bertz CT molecular complexity index is 1620. The maximum atomic E-state index is 13.5. The molecule has 4 aromatic rings. The van der Waals surface area contributed by atoms with Crippen molar-refractivity contribution in [3.63, 3.8) is 0 Å². The Labute approximate surface area is 236 Å². The van der Waals surface area contributed by atoms with Gasteiger partial charge in [0.15, 0.2) is 0 Å². The summed E-state index contributed by atoms with van der Waals surface area (Å²) in [5.74, 6) is 0.960. The van der Waals surface area contributed by atoms with Crippen LogP contribution in [0.5, 0.6) is 5.75 Å². The monoisotopic (exact) mass is 558 g/mol. The number of fused-ring (bicyclic) bond motifs is 1. The third-order valence-electron chi connectivity index (χ3n) is 6.39. The number of hydrogen-bond acceptors (Lipinski definition) is 8. The van der Waals surface area contributed by atoms with Crippen LogP contribution in [0.2, 0.25) is 0 Å². The van der Waals surface area contributed by atoms with E-state index in [0.717, 1.165) is 11.1 Å². The zero-order valence-corrected chi connectivity index (χ0v) is 23.2. The molecule has 2 amide bonds. The first-order chi connectivity index (χ1) is 19.7. The number of aliphatic imine (C=N–C) groups is 1. The van der Waals surface area contributed by atoms with E-state index >= 15 is 0 Å². The van der Waals surface area contributed by atoms with E-state index in [0.29, 0.717) is 34.0 Å². The molecule has 0 radical (unpaired) electrons. The van der Waals surface area contributed by atoms with E-state index in [4.69, 9.17) is 15.2 Å². The molecule has 12 nitrogen and oxygen atoms in total. The number of aromatic nitrogens is 3. The number of carbonyl (C=O) groups is 3. The number of anilines is 1. The van der Waals surface area contributed by atoms with Crippen LogP contribution in [0.3, 0.4) is 0 Å². The van der Waals surface area contributed by atoms with Crippen LogP contribution in [-0.4, -0.2) is 59.1 Å². The molecule has 0 saturated heterocycles. The fourth-order valence-corrected chi connectivity index (χ4v) is 4.17. The van der Waals surface area contributed by atoms with Crippen LogP contribution in [0, 0.1) is 6.92 Å². The van der Waals surface area contributed by atoms with Gasteiger partial charge in [-0.1, -0.05) is 6.07 Å². The minimum Gasteiger partial charge on any atom is -0.486 e. The summed E-state index contributed by atoms with van der Waals surface area (Å²) in [6.45, 7) is 2.10. The predicted octanol–water partition coefficient (Wildman–Crippen LogP) is 3.54. The zero-order chi connectivity index (χ0) is 29.5. The fraction of sp³-hybridized carbons (Fsp3) is 0.241. The normalized spacial score (nSPS) is 11.3. The molecule has 2 aromatic heterocycles. The van der Waals surface area contributed by atoms with E-state index < -0.39 is 12.1 Å². The molecule has 2 aromatic carbocycles. The van der Waals surface area contributed by atoms with E-state index in [2.05, 4.69) is 19.7 Å². The molecule has 2 heterocycles. The molecular weight excluding hydrogens is 528 g/mol. The summed E-state index contributed by atoms with van der Waals surface area (Å²) >= 11 is 0. The van der Waals surface area contributed by atoms with Gasteiger partial charge in [0.05, 0.1) is 31.7 Å². The van der Waals surface area contributed by atoms with Crippen LogP contribution in [0.15, 0.2) is 65.8 Å². The standard InChI is InChI=1S/C29H30N6O6/c1-18-15-20(9-10-21(18)27(30)33-29(38)40-4)41-17-25-32-22-16-19(8-11-23(22)34(25)2)28(37)35(14-12-26(36)39-3)24-7-5-6-13-31-24/h5-11,13,15-16H,12,14,17H2,1-4H3,(H2,30,33,38). The molecule has 0 unspecified atom stereocenters. The van der Waals surface area contributed by atoms with Crippen LogP contribution in [0.25, 0.3) is 11.0 Å². The van der Waals surface area contributed by atoms with Gasteiger partial charge >= 0.3 is 12.1 Å². The van der Waals surface area contributed by atoms with Gasteiger partial charge in [-0.25, -0.2) is 14.8 Å². The maximum absolute atomic E-state index is 13.5. The third-order valence-corrected chi connectivity index (χ3v) is 6.39. The first-order valence-electron chi connectivity index (χ1n) is 12.6. The van der Waals surface area contributed by atoms with Crippen molar-refractivity contribution in [3.05, 3.63) is 83.3 Å². The fourth-order valence-electron chi connectivity index (χ4n) is 4.17. The first kappa shape index (κ1) is 28.7. The smallest absolute Gasteiger partial charge is 0.435 e. The molecule has 4 rings (SSSR count). The number of nitrogens with zero attached hydrogens (tertiary/aromatic N) is 5. The number of rotatable bonds is 9. The van der Waals surface area contributed by atoms with Gasteiger partial charge in [-0.15, -0.1) is 0 Å². The molecule has 0 spiro atoms. The number of amidine groups is 1. The van der Waals surface area contributed by atoms with Crippen molar-refractivity contribution in [1.82, 2.24) is 14.5 Å². The van der Waals surface area contributed by atoms with Crippen molar-refractivity contribution in [3.8, 4) is 5.75 Å². The molecule has 12 heteroatoms. The second-order valence-corrected chi connectivity index (χ2v) is 8.99. The summed E-state index contributed by atoms with van der Waals surface area (Å²) in [4.78, 5) is 50.8. The quantitative estimate of drug-likeness (QED) is 0.185. The summed E-state index contributed by atoms with van der Waals surface area (Å²) < 4.78 is 17.1. The highest BCUT2D eigenvalue weighted by atomic mass is 16.5. The van der Waals surface area contributed by atoms with Crippen molar-refractivity contribution >= 4 is 40.7 Å². The Balaban J connectivity index is 1.53. The van der Waals surface area contributed by atoms with Crippen molar-refractivity contribution in [2.24, 2.45) is 17.8 Å². The van der Waals surface area contributed by atoms with Crippen molar-refractivity contribution < 1.29 is 28.6 Å². The number of esters is 1. The molecule has 0 bridgehead atoms. The number of imidazole rings is 1. The number of carbonyl (C=O) groups excluding carboxylic acids is 3. The van der Waals surface area contributed by atoms with Crippen molar-refractivity contribution in [2.45, 2.75) is 20.0 Å². The van der Waals surface area contributed by atoms with Gasteiger partial charge in [-0.3, -0.25) is 14.5 Å². The number of nitrogens with two attached hydrogens (primary N) is 1. The zero-order valence-electron chi connectivity index (χ0n) is 23.2. The molecule has 0 aliphatic rings. The van der Waals surface area contributed by atoms with Gasteiger partial charge in [0.25, 0.3) is 5.91 Å². The second kappa shape index (κ2) is 12.7. The lowest BCUT2D eigenvalue weighted by Crippen LogP contribution is -2.33. The summed E-state index contributed by atoms with van der Waals surface area (Å²) in [5, 5.41) is 0. The van der Waals surface area contributed by atoms with E-state index in [1.807, 2.05) is 24.6 Å². The molecule has 0 saturated carbocycles. The highest BCUT2D eigenvalue weighted by Crippen LogP contribution is 2.23. The van der Waals surface area contributed by atoms with Gasteiger partial charge in [0.2, 0.25) is 0 Å². The lowest BCUT2D eigenvalue weighted by atomic mass is 10.1. The highest BCUT2D eigenvalue weighted by molar-refractivity contribution is 6.07. The van der Waals surface area contributed by atoms with Crippen LogP contribution in [0.1, 0.15) is 33.7 Å². The van der Waals surface area contributed by atoms with E-state index in [-0.39, 0.29) is 31.3 Å². The topological polar surface area (TPSA) is 151 Å². The van der Waals surface area contributed by atoms with E-state index in [1.54, 1.807) is 54.7 Å².